The highest BCUT2D eigenvalue weighted by Crippen LogP contribution is 2.44. The first-order valence-corrected chi connectivity index (χ1v) is 14.8. The molecule has 1 atom stereocenters. The van der Waals surface area contributed by atoms with E-state index in [9.17, 15) is 13.6 Å². The van der Waals surface area contributed by atoms with Gasteiger partial charge in [0.2, 0.25) is 5.95 Å². The zero-order valence-corrected chi connectivity index (χ0v) is 24.2. The van der Waals surface area contributed by atoms with Crippen LogP contribution in [-0.2, 0) is 6.54 Å². The number of carbonyl (C=O) groups excluding carboxylic acids is 1. The molecule has 0 saturated heterocycles. The summed E-state index contributed by atoms with van der Waals surface area (Å²) in [6.45, 7) is 6.73. The van der Waals surface area contributed by atoms with E-state index < -0.39 is 11.6 Å². The van der Waals surface area contributed by atoms with Gasteiger partial charge in [0, 0.05) is 43.4 Å². The van der Waals surface area contributed by atoms with Crippen LogP contribution in [0.4, 0.5) is 25.3 Å². The Morgan fingerprint density at radius 2 is 1.88 bits per heavy atom. The topological polar surface area (TPSA) is 117 Å². The fourth-order valence-electron chi connectivity index (χ4n) is 4.68. The van der Waals surface area contributed by atoms with E-state index in [1.807, 2.05) is 33.0 Å². The van der Waals surface area contributed by atoms with Crippen molar-refractivity contribution in [1.82, 2.24) is 30.6 Å². The fraction of sp³-hybridized carbons (Fsp3) is 0.414. The zero-order chi connectivity index (χ0) is 28.9. The summed E-state index contributed by atoms with van der Waals surface area (Å²) in [5.41, 5.74) is 3.30. The number of anilines is 2. The van der Waals surface area contributed by atoms with Gasteiger partial charge in [0.25, 0.3) is 0 Å². The number of halogens is 2. The molecule has 1 aliphatic rings. The molecule has 41 heavy (non-hydrogen) atoms. The molecule has 5 rings (SSSR count). The number of nitrogens with one attached hydrogen (secondary N) is 4. The summed E-state index contributed by atoms with van der Waals surface area (Å²) in [6.07, 6.45) is 5.51. The summed E-state index contributed by atoms with van der Waals surface area (Å²) in [6, 6.07) is 5.52. The van der Waals surface area contributed by atoms with Crippen LogP contribution in [0.5, 0.6) is 0 Å². The molecule has 216 valence electrons. The number of carbonyl (C=O) groups is 1. The van der Waals surface area contributed by atoms with Crippen molar-refractivity contribution in [2.24, 2.45) is 0 Å². The summed E-state index contributed by atoms with van der Waals surface area (Å²) in [4.78, 5) is 31.0. The molecule has 9 nitrogen and oxygen atoms in total. The average molecular weight is 581 g/mol. The predicted octanol–water partition coefficient (Wildman–Crippen LogP) is 6.12. The van der Waals surface area contributed by atoms with Crippen molar-refractivity contribution in [2.75, 3.05) is 23.7 Å². The molecule has 0 bridgehead atoms. The molecule has 0 spiro atoms. The maximum atomic E-state index is 14.2. The third-order valence-electron chi connectivity index (χ3n) is 7.04. The van der Waals surface area contributed by atoms with E-state index in [-0.39, 0.29) is 30.1 Å². The number of nitrogens with zero attached hydrogens (tertiary/aromatic N) is 4. The Labute approximate surface area is 241 Å². The van der Waals surface area contributed by atoms with Gasteiger partial charge >= 0.3 is 6.03 Å². The van der Waals surface area contributed by atoms with E-state index in [2.05, 4.69) is 31.2 Å². The lowest BCUT2D eigenvalue weighted by Crippen LogP contribution is -2.42. The normalized spacial score (nSPS) is 13.7. The van der Waals surface area contributed by atoms with Crippen LogP contribution >= 0.6 is 11.3 Å². The largest absolute Gasteiger partial charge is 0.369 e. The number of hydrogen-bond acceptors (Lipinski definition) is 8. The maximum Gasteiger partial charge on any atom is 0.314 e. The van der Waals surface area contributed by atoms with Crippen molar-refractivity contribution >= 4 is 39.4 Å². The molecule has 3 heterocycles. The van der Waals surface area contributed by atoms with Crippen LogP contribution < -0.4 is 21.3 Å². The number of aromatic nitrogens is 4. The lowest BCUT2D eigenvalue weighted by molar-refractivity contribution is 0.236. The van der Waals surface area contributed by atoms with Crippen LogP contribution in [0.25, 0.3) is 20.8 Å². The van der Waals surface area contributed by atoms with Crippen LogP contribution in [0, 0.1) is 18.6 Å². The highest BCUT2D eigenvalue weighted by atomic mass is 32.1. The summed E-state index contributed by atoms with van der Waals surface area (Å²) in [7, 11) is 0. The number of amides is 2. The molecular weight excluding hydrogens is 546 g/mol. The van der Waals surface area contributed by atoms with E-state index in [0.717, 1.165) is 45.7 Å². The first-order chi connectivity index (χ1) is 19.9. The van der Waals surface area contributed by atoms with Gasteiger partial charge in [-0.1, -0.05) is 13.0 Å². The zero-order valence-electron chi connectivity index (χ0n) is 23.4. The lowest BCUT2D eigenvalue weighted by atomic mass is 10.1. The fourth-order valence-corrected chi connectivity index (χ4v) is 5.75. The Morgan fingerprint density at radius 3 is 2.59 bits per heavy atom. The highest BCUT2D eigenvalue weighted by Gasteiger charge is 2.29. The number of pyridine rings is 1. The van der Waals surface area contributed by atoms with Gasteiger partial charge in [-0.3, -0.25) is 4.98 Å². The van der Waals surface area contributed by atoms with Crippen LogP contribution in [-0.4, -0.2) is 45.1 Å². The minimum atomic E-state index is -0.635. The number of fused-ring (bicyclic) bond motifs is 1. The molecule has 0 radical (unpaired) electrons. The van der Waals surface area contributed by atoms with Crippen LogP contribution in [0.15, 0.2) is 30.5 Å². The van der Waals surface area contributed by atoms with Gasteiger partial charge in [-0.2, -0.15) is 4.98 Å². The van der Waals surface area contributed by atoms with Gasteiger partial charge < -0.3 is 21.3 Å². The van der Waals surface area contributed by atoms with Crippen LogP contribution in [0.2, 0.25) is 0 Å². The number of thiazole rings is 1. The van der Waals surface area contributed by atoms with Crippen LogP contribution in [0.1, 0.15) is 62.4 Å². The molecule has 12 heteroatoms. The number of rotatable bonds is 12. The summed E-state index contributed by atoms with van der Waals surface area (Å²) in [5, 5.41) is 12.9. The van der Waals surface area contributed by atoms with E-state index in [1.54, 1.807) is 11.3 Å². The Kier molecular flexibility index (Phi) is 8.87. The lowest BCUT2D eigenvalue weighted by Gasteiger charge is -2.19. The molecule has 4 N–H and O–H groups in total. The van der Waals surface area contributed by atoms with Crippen LogP contribution in [0.3, 0.4) is 0 Å². The summed E-state index contributed by atoms with van der Waals surface area (Å²) < 4.78 is 29.5. The standard InChI is InChI=1S/C29H34F2N8OS/c1-4-18(37-29(40)32-5-2)11-13-34-26-23(27-38-25-22(41-27)12-14-33-24(25)17-9-10-17)16(3)36-28(39-26)35-15-19-20(30)7-6-8-21(19)31/h6-8,12,14,17-18H,4-5,9-11,13,15H2,1-3H3,(H2,32,37,40)(H2,34,35,36,39). The first kappa shape index (κ1) is 28.6. The van der Waals surface area contributed by atoms with E-state index >= 15 is 0 Å². The van der Waals surface area contributed by atoms with Gasteiger partial charge in [-0.25, -0.2) is 23.5 Å². The van der Waals surface area contributed by atoms with Gasteiger partial charge in [0.15, 0.2) is 0 Å². The number of urea groups is 1. The monoisotopic (exact) mass is 580 g/mol. The molecule has 1 saturated carbocycles. The quantitative estimate of drug-likeness (QED) is 0.159. The summed E-state index contributed by atoms with van der Waals surface area (Å²) in [5.74, 6) is -0.0163. The van der Waals surface area contributed by atoms with Gasteiger partial charge in [-0.05, 0) is 57.7 Å². The SMILES string of the molecule is CCNC(=O)NC(CC)CCNc1nc(NCc2c(F)cccc2F)nc(C)c1-c1nc2c(C3CC3)nccc2s1. The van der Waals surface area contributed by atoms with Gasteiger partial charge in [0.1, 0.15) is 28.0 Å². The summed E-state index contributed by atoms with van der Waals surface area (Å²) >= 11 is 1.56. The Morgan fingerprint density at radius 1 is 1.10 bits per heavy atom. The molecular formula is C29H34F2N8OS. The molecule has 3 aromatic heterocycles. The Balaban J connectivity index is 1.43. The van der Waals surface area contributed by atoms with Crippen molar-refractivity contribution in [3.63, 3.8) is 0 Å². The second-order valence-electron chi connectivity index (χ2n) is 10.1. The maximum absolute atomic E-state index is 14.2. The second kappa shape index (κ2) is 12.7. The average Bonchev–Trinajstić information content (AvgIpc) is 3.70. The molecule has 1 aromatic carbocycles. The minimum absolute atomic E-state index is 0.0308. The molecule has 1 unspecified atom stereocenters. The third-order valence-corrected chi connectivity index (χ3v) is 8.08. The predicted molar refractivity (Wildman–Crippen MR) is 158 cm³/mol. The Hall–Kier alpha value is -3.93. The molecule has 1 aliphatic carbocycles. The van der Waals surface area contributed by atoms with Crippen molar-refractivity contribution in [1.29, 1.82) is 0 Å². The van der Waals surface area contributed by atoms with Crippen molar-refractivity contribution in [2.45, 2.75) is 65.0 Å². The Bertz CT molecular complexity index is 1520. The van der Waals surface area contributed by atoms with Crippen molar-refractivity contribution in [3.8, 4) is 10.6 Å². The number of benzene rings is 1. The van der Waals surface area contributed by atoms with E-state index in [0.29, 0.717) is 36.9 Å². The molecule has 4 aromatic rings. The number of aryl methyl sites for hydroxylation is 1. The third kappa shape index (κ3) is 6.70. The minimum Gasteiger partial charge on any atom is -0.369 e. The van der Waals surface area contributed by atoms with Crippen molar-refractivity contribution < 1.29 is 13.6 Å². The smallest absolute Gasteiger partial charge is 0.314 e. The van der Waals surface area contributed by atoms with Gasteiger partial charge in [0.05, 0.1) is 21.7 Å². The van der Waals surface area contributed by atoms with E-state index in [1.165, 1.54) is 18.2 Å². The second-order valence-corrected chi connectivity index (χ2v) is 11.1. The molecule has 0 aliphatic heterocycles. The molecule has 1 fully saturated rings. The molecule has 2 amide bonds. The number of hydrogen-bond donors (Lipinski definition) is 4. The van der Waals surface area contributed by atoms with E-state index in [4.69, 9.17) is 9.97 Å². The van der Waals surface area contributed by atoms with Crippen molar-refractivity contribution in [3.05, 3.63) is 59.0 Å². The highest BCUT2D eigenvalue weighted by molar-refractivity contribution is 7.21. The first-order valence-electron chi connectivity index (χ1n) is 14.0. The van der Waals surface area contributed by atoms with Gasteiger partial charge in [-0.15, -0.1) is 11.3 Å².